The highest BCUT2D eigenvalue weighted by Gasteiger charge is 2.36. The van der Waals surface area contributed by atoms with Crippen molar-refractivity contribution in [3.63, 3.8) is 0 Å². The van der Waals surface area contributed by atoms with Crippen LogP contribution in [0.4, 0.5) is 5.69 Å². The van der Waals surface area contributed by atoms with Crippen molar-refractivity contribution in [2.24, 2.45) is 0 Å². The monoisotopic (exact) mass is 382 g/mol. The normalized spacial score (nSPS) is 14.9. The van der Waals surface area contributed by atoms with Crippen molar-refractivity contribution in [2.45, 2.75) is 31.1 Å². The maximum absolute atomic E-state index is 12.3. The van der Waals surface area contributed by atoms with Crippen LogP contribution in [0.1, 0.15) is 31.2 Å². The molecule has 0 atom stereocenters. The highest BCUT2D eigenvalue weighted by Crippen LogP contribution is 2.41. The molecule has 3 rings (SSSR count). The van der Waals surface area contributed by atoms with Gasteiger partial charge in [-0.05, 0) is 54.8 Å². The lowest BCUT2D eigenvalue weighted by atomic mass is 9.78. The number of ether oxygens (including phenoxy) is 2. The predicted octanol–water partition coefficient (Wildman–Crippen LogP) is 3.27. The fourth-order valence-corrected chi connectivity index (χ4v) is 3.76. The number of hydrogen-bond donors (Lipinski definition) is 2. The summed E-state index contributed by atoms with van der Waals surface area (Å²) >= 11 is 0. The van der Waals surface area contributed by atoms with E-state index in [1.807, 2.05) is 24.3 Å². The van der Waals surface area contributed by atoms with Crippen molar-refractivity contribution in [1.29, 1.82) is 0 Å². The minimum Gasteiger partial charge on any atom is -0.497 e. The fourth-order valence-electron chi connectivity index (χ4n) is 3.76. The molecule has 0 unspecified atom stereocenters. The molecule has 1 fully saturated rings. The molecule has 148 valence electrons. The number of anilines is 1. The lowest BCUT2D eigenvalue weighted by molar-refractivity contribution is -0.136. The van der Waals surface area contributed by atoms with Gasteiger partial charge in [-0.25, -0.2) is 0 Å². The molecule has 1 aliphatic rings. The number of hydrogen-bond acceptors (Lipinski definition) is 4. The van der Waals surface area contributed by atoms with Gasteiger partial charge in [0.05, 0.1) is 14.2 Å². The maximum atomic E-state index is 12.3. The van der Waals surface area contributed by atoms with Gasteiger partial charge < -0.3 is 20.1 Å². The summed E-state index contributed by atoms with van der Waals surface area (Å²) < 4.78 is 10.3. The topological polar surface area (TPSA) is 76.7 Å². The Bertz CT molecular complexity index is 809. The molecule has 0 aliphatic heterocycles. The largest absolute Gasteiger partial charge is 0.497 e. The van der Waals surface area contributed by atoms with Crippen LogP contribution >= 0.6 is 0 Å². The van der Waals surface area contributed by atoms with Gasteiger partial charge in [0.2, 0.25) is 0 Å². The van der Waals surface area contributed by atoms with Crippen LogP contribution in [0.15, 0.2) is 48.5 Å². The quantitative estimate of drug-likeness (QED) is 0.752. The number of nitrogens with one attached hydrogen (secondary N) is 2. The molecule has 0 spiro atoms. The summed E-state index contributed by atoms with van der Waals surface area (Å²) in [5, 5.41) is 5.44. The minimum atomic E-state index is -0.673. The summed E-state index contributed by atoms with van der Waals surface area (Å²) in [6.07, 6.45) is 4.19. The van der Waals surface area contributed by atoms with E-state index in [0.29, 0.717) is 18.0 Å². The third-order valence-electron chi connectivity index (χ3n) is 5.40. The van der Waals surface area contributed by atoms with Crippen LogP contribution < -0.4 is 20.1 Å². The summed E-state index contributed by atoms with van der Waals surface area (Å²) in [6.45, 7) is 0.439. The zero-order valence-corrected chi connectivity index (χ0v) is 16.3. The molecule has 0 saturated heterocycles. The van der Waals surface area contributed by atoms with Crippen LogP contribution in [0, 0.1) is 0 Å². The first-order valence-corrected chi connectivity index (χ1v) is 9.44. The van der Waals surface area contributed by atoms with E-state index in [1.54, 1.807) is 38.5 Å². The SMILES string of the molecule is COc1ccc(NC(=O)C(=O)NCC2(c3ccc(OC)cc3)CCCC2)cc1. The molecule has 2 N–H and O–H groups in total. The lowest BCUT2D eigenvalue weighted by Gasteiger charge is -2.30. The van der Waals surface area contributed by atoms with E-state index < -0.39 is 11.8 Å². The lowest BCUT2D eigenvalue weighted by Crippen LogP contribution is -2.43. The van der Waals surface area contributed by atoms with E-state index in [4.69, 9.17) is 9.47 Å². The van der Waals surface area contributed by atoms with Gasteiger partial charge >= 0.3 is 11.8 Å². The number of carbonyl (C=O) groups excluding carboxylic acids is 2. The highest BCUT2D eigenvalue weighted by molar-refractivity contribution is 6.39. The maximum Gasteiger partial charge on any atom is 0.313 e. The second-order valence-corrected chi connectivity index (χ2v) is 7.08. The van der Waals surface area contributed by atoms with E-state index in [9.17, 15) is 9.59 Å². The molecule has 0 heterocycles. The van der Waals surface area contributed by atoms with Gasteiger partial charge in [0.1, 0.15) is 11.5 Å². The average Bonchev–Trinajstić information content (AvgIpc) is 3.22. The van der Waals surface area contributed by atoms with Crippen LogP contribution in [0.5, 0.6) is 11.5 Å². The van der Waals surface area contributed by atoms with E-state index >= 15 is 0 Å². The van der Waals surface area contributed by atoms with E-state index in [2.05, 4.69) is 10.6 Å². The van der Waals surface area contributed by atoms with Crippen molar-refractivity contribution in [2.75, 3.05) is 26.1 Å². The predicted molar refractivity (Wildman–Crippen MR) is 108 cm³/mol. The standard InChI is InChI=1S/C22H26N2O4/c1-27-18-9-5-16(6-10-18)22(13-3-4-14-22)15-23-20(25)21(26)24-17-7-11-19(28-2)12-8-17/h5-12H,3-4,13-15H2,1-2H3,(H,23,25)(H,24,26). The second kappa shape index (κ2) is 8.78. The second-order valence-electron chi connectivity index (χ2n) is 7.08. The van der Waals surface area contributed by atoms with Gasteiger partial charge in [-0.3, -0.25) is 9.59 Å². The first kappa shape index (κ1) is 19.7. The van der Waals surface area contributed by atoms with Gasteiger partial charge in [-0.15, -0.1) is 0 Å². The first-order valence-electron chi connectivity index (χ1n) is 9.44. The van der Waals surface area contributed by atoms with Crippen molar-refractivity contribution < 1.29 is 19.1 Å². The van der Waals surface area contributed by atoms with Crippen molar-refractivity contribution in [1.82, 2.24) is 5.32 Å². The van der Waals surface area contributed by atoms with E-state index in [0.717, 1.165) is 31.4 Å². The summed E-state index contributed by atoms with van der Waals surface area (Å²) in [4.78, 5) is 24.6. The molecule has 2 aromatic rings. The number of rotatable bonds is 6. The van der Waals surface area contributed by atoms with Crippen molar-refractivity contribution >= 4 is 17.5 Å². The number of methoxy groups -OCH3 is 2. The van der Waals surface area contributed by atoms with Gasteiger partial charge in [0.25, 0.3) is 0 Å². The van der Waals surface area contributed by atoms with Crippen LogP contribution in [0.2, 0.25) is 0 Å². The molecular formula is C22H26N2O4. The van der Waals surface area contributed by atoms with Gasteiger partial charge in [0, 0.05) is 17.6 Å². The molecule has 6 heteroatoms. The number of amides is 2. The minimum absolute atomic E-state index is 0.137. The Kier molecular flexibility index (Phi) is 6.19. The summed E-state index contributed by atoms with van der Waals surface area (Å²) in [6, 6.07) is 14.8. The zero-order valence-electron chi connectivity index (χ0n) is 16.3. The molecule has 2 aromatic carbocycles. The molecule has 0 aromatic heterocycles. The third kappa shape index (κ3) is 4.44. The van der Waals surface area contributed by atoms with Crippen molar-refractivity contribution in [3.8, 4) is 11.5 Å². The van der Waals surface area contributed by atoms with Gasteiger partial charge in [-0.1, -0.05) is 25.0 Å². The fraction of sp³-hybridized carbons (Fsp3) is 0.364. The van der Waals surface area contributed by atoms with Crippen LogP contribution in [-0.4, -0.2) is 32.6 Å². The zero-order chi connectivity index (χ0) is 20.0. The molecule has 1 aliphatic carbocycles. The summed E-state index contributed by atoms with van der Waals surface area (Å²) in [5.41, 5.74) is 1.58. The van der Waals surface area contributed by atoms with Crippen LogP contribution in [0.3, 0.4) is 0 Å². The molecular weight excluding hydrogens is 356 g/mol. The highest BCUT2D eigenvalue weighted by atomic mass is 16.5. The summed E-state index contributed by atoms with van der Waals surface area (Å²) in [5.74, 6) is 0.188. The Hall–Kier alpha value is -3.02. The van der Waals surface area contributed by atoms with Gasteiger partial charge in [-0.2, -0.15) is 0 Å². The van der Waals surface area contributed by atoms with Crippen LogP contribution in [0.25, 0.3) is 0 Å². The van der Waals surface area contributed by atoms with Crippen LogP contribution in [-0.2, 0) is 15.0 Å². The number of carbonyl (C=O) groups is 2. The Balaban J connectivity index is 1.62. The molecule has 1 saturated carbocycles. The molecule has 6 nitrogen and oxygen atoms in total. The Morgan fingerprint density at radius 1 is 0.857 bits per heavy atom. The molecule has 2 amide bonds. The average molecular weight is 382 g/mol. The van der Waals surface area contributed by atoms with Gasteiger partial charge in [0.15, 0.2) is 0 Å². The third-order valence-corrected chi connectivity index (χ3v) is 5.40. The number of benzene rings is 2. The molecule has 0 bridgehead atoms. The molecule has 0 radical (unpaired) electrons. The molecule has 28 heavy (non-hydrogen) atoms. The van der Waals surface area contributed by atoms with Crippen molar-refractivity contribution in [3.05, 3.63) is 54.1 Å². The Morgan fingerprint density at radius 2 is 1.39 bits per heavy atom. The van der Waals surface area contributed by atoms with E-state index in [1.165, 1.54) is 5.56 Å². The Labute approximate surface area is 165 Å². The summed E-state index contributed by atoms with van der Waals surface area (Å²) in [7, 11) is 3.21. The first-order chi connectivity index (χ1) is 13.6. The smallest absolute Gasteiger partial charge is 0.313 e. The Morgan fingerprint density at radius 3 is 1.93 bits per heavy atom. The van der Waals surface area contributed by atoms with E-state index in [-0.39, 0.29) is 5.41 Å².